The minimum atomic E-state index is -4.04. The van der Waals surface area contributed by atoms with E-state index in [9.17, 15) is 8.42 Å². The molecule has 1 saturated heterocycles. The molecule has 39 heavy (non-hydrogen) atoms. The average molecular weight is 609 g/mol. The van der Waals surface area contributed by atoms with Crippen molar-refractivity contribution in [2.75, 3.05) is 31.5 Å². The van der Waals surface area contributed by atoms with Crippen LogP contribution in [0.15, 0.2) is 46.8 Å². The van der Waals surface area contributed by atoms with Gasteiger partial charge >= 0.3 is 0 Å². The van der Waals surface area contributed by atoms with Gasteiger partial charge in [0.2, 0.25) is 5.82 Å². The van der Waals surface area contributed by atoms with Gasteiger partial charge in [0.15, 0.2) is 10.5 Å². The highest BCUT2D eigenvalue weighted by Gasteiger charge is 2.23. The van der Waals surface area contributed by atoms with Gasteiger partial charge < -0.3 is 14.4 Å². The third-order valence-corrected chi connectivity index (χ3v) is 9.49. The van der Waals surface area contributed by atoms with E-state index in [1.54, 1.807) is 30.6 Å². The van der Waals surface area contributed by atoms with Crippen molar-refractivity contribution in [2.24, 2.45) is 5.92 Å². The Hall–Kier alpha value is -2.70. The second-order valence-corrected chi connectivity index (χ2v) is 12.7. The number of benzene rings is 2. The molecule has 2 aromatic carbocycles. The summed E-state index contributed by atoms with van der Waals surface area (Å²) < 4.78 is 41.0. The molecule has 0 bridgehead atoms. The van der Waals surface area contributed by atoms with Crippen LogP contribution in [0.25, 0.3) is 10.5 Å². The normalized spacial score (nSPS) is 15.0. The number of piperidine rings is 1. The molecule has 1 aliphatic rings. The van der Waals surface area contributed by atoms with E-state index in [4.69, 9.17) is 32.7 Å². The first-order chi connectivity index (χ1) is 18.7. The first kappa shape index (κ1) is 27.9. The van der Waals surface area contributed by atoms with Crippen molar-refractivity contribution in [1.82, 2.24) is 19.9 Å². The zero-order valence-electron chi connectivity index (χ0n) is 21.4. The van der Waals surface area contributed by atoms with Crippen LogP contribution < -0.4 is 14.2 Å². The molecule has 13 heteroatoms. The number of rotatable bonds is 9. The Morgan fingerprint density at radius 3 is 2.69 bits per heavy atom. The number of ether oxygens (including phenoxy) is 2. The second-order valence-electron chi connectivity index (χ2n) is 9.44. The minimum Gasteiger partial charge on any atom is -0.492 e. The van der Waals surface area contributed by atoms with Crippen LogP contribution in [0.2, 0.25) is 10.0 Å². The molecule has 206 valence electrons. The number of halogens is 2. The highest BCUT2D eigenvalue weighted by atomic mass is 35.5. The van der Waals surface area contributed by atoms with E-state index in [1.807, 2.05) is 12.1 Å². The first-order valence-corrected chi connectivity index (χ1v) is 15.4. The smallest absolute Gasteiger partial charge is 0.263 e. The van der Waals surface area contributed by atoms with E-state index in [1.165, 1.54) is 17.4 Å². The summed E-state index contributed by atoms with van der Waals surface area (Å²) in [6.45, 7) is 4.44. The van der Waals surface area contributed by atoms with E-state index in [0.29, 0.717) is 44.4 Å². The van der Waals surface area contributed by atoms with Gasteiger partial charge in [-0.3, -0.25) is 4.72 Å². The third-order valence-electron chi connectivity index (χ3n) is 6.58. The van der Waals surface area contributed by atoms with Crippen molar-refractivity contribution < 1.29 is 17.9 Å². The van der Waals surface area contributed by atoms with Crippen molar-refractivity contribution in [2.45, 2.75) is 31.3 Å². The summed E-state index contributed by atoms with van der Waals surface area (Å²) >= 11 is 13.8. The molecule has 4 aromatic rings. The van der Waals surface area contributed by atoms with E-state index in [0.717, 1.165) is 31.5 Å². The standard InChI is InChI=1S/C26H27Cl2N5O4S2/c1-16-19(27)4-3-5-22(16)39(34,35)32-23-25(31-26-24(30-23)29-15-38-26)37-14-18-6-7-20(28)21(12-18)36-13-17-8-10-33(2)11-9-17/h3-7,12,15,17H,8-11,13-14H2,1-2H3,(H,30,32). The van der Waals surface area contributed by atoms with Crippen LogP contribution in [0, 0.1) is 12.8 Å². The van der Waals surface area contributed by atoms with Gasteiger partial charge in [-0.05, 0) is 81.2 Å². The Bertz CT molecular complexity index is 1590. The summed E-state index contributed by atoms with van der Waals surface area (Å²) in [6.07, 6.45) is 2.17. The molecule has 2 aromatic heterocycles. The van der Waals surface area contributed by atoms with Crippen LogP contribution in [0.1, 0.15) is 24.0 Å². The molecular weight excluding hydrogens is 581 g/mol. The number of aromatic nitrogens is 3. The number of sulfonamides is 1. The molecule has 0 spiro atoms. The maximum Gasteiger partial charge on any atom is 0.263 e. The van der Waals surface area contributed by atoms with Crippen LogP contribution in [0.5, 0.6) is 11.6 Å². The topological polar surface area (TPSA) is 107 Å². The molecule has 1 aliphatic heterocycles. The lowest BCUT2D eigenvalue weighted by atomic mass is 9.98. The molecule has 5 rings (SSSR count). The summed E-state index contributed by atoms with van der Waals surface area (Å²) in [6, 6.07) is 10.1. The average Bonchev–Trinajstić information content (AvgIpc) is 3.36. The molecule has 0 atom stereocenters. The third kappa shape index (κ3) is 6.55. The Kier molecular flexibility index (Phi) is 8.43. The summed E-state index contributed by atoms with van der Waals surface area (Å²) in [7, 11) is -1.91. The van der Waals surface area contributed by atoms with Gasteiger partial charge in [-0.15, -0.1) is 11.3 Å². The van der Waals surface area contributed by atoms with Crippen molar-refractivity contribution in [3.63, 3.8) is 0 Å². The fourth-order valence-corrected chi connectivity index (χ4v) is 6.51. The Labute approximate surface area is 241 Å². The van der Waals surface area contributed by atoms with Crippen molar-refractivity contribution in [3.8, 4) is 11.6 Å². The number of fused-ring (bicyclic) bond motifs is 1. The number of anilines is 1. The fourth-order valence-electron chi connectivity index (χ4n) is 4.25. The van der Waals surface area contributed by atoms with E-state index >= 15 is 0 Å². The van der Waals surface area contributed by atoms with Gasteiger partial charge in [-0.2, -0.15) is 4.98 Å². The largest absolute Gasteiger partial charge is 0.492 e. The predicted octanol–water partition coefficient (Wildman–Crippen LogP) is 5.80. The lowest BCUT2D eigenvalue weighted by molar-refractivity contribution is 0.160. The highest BCUT2D eigenvalue weighted by Crippen LogP contribution is 2.31. The monoisotopic (exact) mass is 607 g/mol. The van der Waals surface area contributed by atoms with E-state index in [2.05, 4.69) is 31.6 Å². The quantitative estimate of drug-likeness (QED) is 0.254. The van der Waals surface area contributed by atoms with Crippen molar-refractivity contribution in [3.05, 3.63) is 63.1 Å². The van der Waals surface area contributed by atoms with Crippen LogP contribution in [-0.4, -0.2) is 55.0 Å². The molecule has 0 radical (unpaired) electrons. The highest BCUT2D eigenvalue weighted by molar-refractivity contribution is 7.92. The number of likely N-dealkylation sites (tertiary alicyclic amines) is 1. The molecule has 1 fully saturated rings. The first-order valence-electron chi connectivity index (χ1n) is 12.3. The Balaban J connectivity index is 1.34. The van der Waals surface area contributed by atoms with Crippen LogP contribution in [-0.2, 0) is 16.6 Å². The number of nitrogens with one attached hydrogen (secondary N) is 1. The maximum atomic E-state index is 13.2. The van der Waals surface area contributed by atoms with Gasteiger partial charge in [0, 0.05) is 5.02 Å². The minimum absolute atomic E-state index is 0.0266. The lowest BCUT2D eigenvalue weighted by Crippen LogP contribution is -2.32. The SMILES string of the molecule is Cc1c(Cl)cccc1S(=O)(=O)Nc1nc2ncsc2nc1OCc1ccc(Cl)c(OCC2CCN(C)CC2)c1. The molecule has 9 nitrogen and oxygen atoms in total. The zero-order chi connectivity index (χ0) is 27.6. The van der Waals surface area contributed by atoms with Gasteiger partial charge in [0.1, 0.15) is 12.4 Å². The maximum absolute atomic E-state index is 13.2. The summed E-state index contributed by atoms with van der Waals surface area (Å²) in [5.74, 6) is 1.02. The van der Waals surface area contributed by atoms with Crippen LogP contribution >= 0.6 is 34.5 Å². The number of nitrogens with zero attached hydrogens (tertiary/aromatic N) is 4. The fraction of sp³-hybridized carbons (Fsp3) is 0.346. The van der Waals surface area contributed by atoms with Crippen molar-refractivity contribution in [1.29, 1.82) is 0 Å². The molecule has 0 unspecified atom stereocenters. The van der Waals surface area contributed by atoms with Crippen LogP contribution in [0.3, 0.4) is 0 Å². The molecule has 0 amide bonds. The summed E-state index contributed by atoms with van der Waals surface area (Å²) in [5.41, 5.74) is 3.10. The van der Waals surface area contributed by atoms with Gasteiger partial charge in [-0.1, -0.05) is 35.3 Å². The summed E-state index contributed by atoms with van der Waals surface area (Å²) in [5, 5.41) is 0.856. The van der Waals surface area contributed by atoms with E-state index < -0.39 is 10.0 Å². The zero-order valence-corrected chi connectivity index (χ0v) is 24.5. The Morgan fingerprint density at radius 1 is 1.10 bits per heavy atom. The lowest BCUT2D eigenvalue weighted by Gasteiger charge is -2.28. The second kappa shape index (κ2) is 11.8. The number of hydrogen-bond acceptors (Lipinski definition) is 9. The molecule has 3 heterocycles. The molecule has 0 aliphatic carbocycles. The molecular formula is C26H27Cl2N5O4S2. The van der Waals surface area contributed by atoms with Gasteiger partial charge in [0.05, 0.1) is 22.0 Å². The van der Waals surface area contributed by atoms with E-state index in [-0.39, 0.29) is 23.2 Å². The number of thiazole rings is 1. The van der Waals surface area contributed by atoms with Crippen molar-refractivity contribution >= 4 is 60.9 Å². The molecule has 1 N–H and O–H groups in total. The number of hydrogen-bond donors (Lipinski definition) is 1. The summed E-state index contributed by atoms with van der Waals surface area (Å²) in [4.78, 5) is 15.9. The predicted molar refractivity (Wildman–Crippen MR) is 154 cm³/mol. The van der Waals surface area contributed by atoms with Gasteiger partial charge in [0.25, 0.3) is 15.9 Å². The van der Waals surface area contributed by atoms with Crippen LogP contribution in [0.4, 0.5) is 5.82 Å². The van der Waals surface area contributed by atoms with Gasteiger partial charge in [-0.25, -0.2) is 18.4 Å². The Morgan fingerprint density at radius 2 is 1.90 bits per heavy atom. The molecule has 0 saturated carbocycles.